The van der Waals surface area contributed by atoms with E-state index >= 15 is 0 Å². The predicted octanol–water partition coefficient (Wildman–Crippen LogP) is -0.0466. The van der Waals surface area contributed by atoms with E-state index in [0.717, 1.165) is 5.69 Å². The summed E-state index contributed by atoms with van der Waals surface area (Å²) < 4.78 is 1.53. The van der Waals surface area contributed by atoms with Crippen molar-refractivity contribution in [2.75, 3.05) is 0 Å². The molecule has 1 aromatic heterocycles. The molecule has 0 aromatic carbocycles. The van der Waals surface area contributed by atoms with Gasteiger partial charge in [-0.15, -0.1) is 0 Å². The van der Waals surface area contributed by atoms with Crippen LogP contribution in [0.1, 0.15) is 5.69 Å². The second kappa shape index (κ2) is 3.99. The number of carbonyl (C=O) groups is 2. The number of nitrogens with two attached hydrogens (primary N) is 1. The van der Waals surface area contributed by atoms with Gasteiger partial charge in [-0.2, -0.15) is 0 Å². The first-order valence-corrected chi connectivity index (χ1v) is 4.96. The molecule has 1 aromatic rings. The summed E-state index contributed by atoms with van der Waals surface area (Å²) in [6.07, 6.45) is 5.96. The molecular weight excluding hydrogens is 222 g/mol. The van der Waals surface area contributed by atoms with Gasteiger partial charge in [-0.25, -0.2) is 9.78 Å². The molecule has 1 atom stereocenters. The Morgan fingerprint density at radius 1 is 1.53 bits per heavy atom. The standard InChI is InChI=1S/C11H11N3O3/c1-6-4-14(5-13-6)8-3-2-7(11(16)17)9(12)10(8)15/h2-5,9H,12H2,1H3,(H,16,17). The van der Waals surface area contributed by atoms with E-state index in [0.29, 0.717) is 5.70 Å². The Hall–Kier alpha value is -2.21. The molecule has 88 valence electrons. The van der Waals surface area contributed by atoms with E-state index in [4.69, 9.17) is 10.8 Å². The van der Waals surface area contributed by atoms with Crippen molar-refractivity contribution < 1.29 is 14.7 Å². The van der Waals surface area contributed by atoms with Crippen LogP contribution in [-0.4, -0.2) is 32.5 Å². The SMILES string of the molecule is Cc1cn(C2=CC=C(C(=O)O)C(N)C2=O)cn1. The average molecular weight is 233 g/mol. The smallest absolute Gasteiger partial charge is 0.333 e. The van der Waals surface area contributed by atoms with Gasteiger partial charge in [0.1, 0.15) is 6.04 Å². The minimum absolute atomic E-state index is 0.101. The van der Waals surface area contributed by atoms with Crippen molar-refractivity contribution in [3.8, 4) is 0 Å². The van der Waals surface area contributed by atoms with Crippen LogP contribution in [0.25, 0.3) is 5.70 Å². The number of Topliss-reactive ketones (excluding diaryl/α,β-unsaturated/α-hetero) is 1. The number of carboxylic acids is 1. The van der Waals surface area contributed by atoms with Gasteiger partial charge in [0.25, 0.3) is 0 Å². The number of aliphatic carboxylic acids is 1. The largest absolute Gasteiger partial charge is 0.478 e. The maximum Gasteiger partial charge on any atom is 0.333 e. The first kappa shape index (κ1) is 11.3. The summed E-state index contributed by atoms with van der Waals surface area (Å²) in [5, 5.41) is 8.84. The van der Waals surface area contributed by atoms with E-state index in [2.05, 4.69) is 4.98 Å². The molecule has 0 radical (unpaired) electrons. The highest BCUT2D eigenvalue weighted by atomic mass is 16.4. The van der Waals surface area contributed by atoms with Gasteiger partial charge in [0.15, 0.2) is 0 Å². The molecule has 17 heavy (non-hydrogen) atoms. The number of imidazole rings is 1. The molecule has 1 unspecified atom stereocenters. The summed E-state index contributed by atoms with van der Waals surface area (Å²) >= 11 is 0. The van der Waals surface area contributed by atoms with Crippen LogP contribution >= 0.6 is 0 Å². The zero-order chi connectivity index (χ0) is 12.6. The number of rotatable bonds is 2. The number of hydrogen-bond donors (Lipinski definition) is 2. The molecule has 6 heteroatoms. The Bertz CT molecular complexity index is 554. The number of nitrogens with zero attached hydrogens (tertiary/aromatic N) is 2. The van der Waals surface area contributed by atoms with Crippen LogP contribution in [0, 0.1) is 6.92 Å². The molecule has 0 spiro atoms. The molecule has 1 aliphatic rings. The number of carboxylic acid groups (broad SMARTS) is 1. The van der Waals surface area contributed by atoms with Gasteiger partial charge in [-0.3, -0.25) is 4.79 Å². The summed E-state index contributed by atoms with van der Waals surface area (Å²) in [6, 6.07) is -1.13. The Morgan fingerprint density at radius 2 is 2.24 bits per heavy atom. The van der Waals surface area contributed by atoms with Crippen LogP contribution in [0.3, 0.4) is 0 Å². The maximum atomic E-state index is 11.9. The monoisotopic (exact) mass is 233 g/mol. The molecule has 1 heterocycles. The van der Waals surface area contributed by atoms with E-state index in [1.165, 1.54) is 23.0 Å². The van der Waals surface area contributed by atoms with Crippen molar-refractivity contribution in [2.45, 2.75) is 13.0 Å². The quantitative estimate of drug-likeness (QED) is 0.746. The third kappa shape index (κ3) is 1.90. The van der Waals surface area contributed by atoms with Crippen molar-refractivity contribution >= 4 is 17.4 Å². The van der Waals surface area contributed by atoms with Gasteiger partial charge < -0.3 is 15.4 Å². The van der Waals surface area contributed by atoms with Crippen LogP contribution in [-0.2, 0) is 9.59 Å². The Balaban J connectivity index is 2.44. The number of hydrogen-bond acceptors (Lipinski definition) is 4. The molecular formula is C11H11N3O3. The van der Waals surface area contributed by atoms with Gasteiger partial charge in [0.05, 0.1) is 23.3 Å². The maximum absolute atomic E-state index is 11.9. The Labute approximate surface area is 97.1 Å². The van der Waals surface area contributed by atoms with Gasteiger partial charge in [-0.05, 0) is 19.1 Å². The molecule has 0 saturated heterocycles. The topological polar surface area (TPSA) is 98.2 Å². The van der Waals surface area contributed by atoms with Crippen molar-refractivity contribution in [3.63, 3.8) is 0 Å². The van der Waals surface area contributed by atoms with Crippen molar-refractivity contribution in [1.29, 1.82) is 0 Å². The van der Waals surface area contributed by atoms with Gasteiger partial charge in [0, 0.05) is 6.20 Å². The van der Waals surface area contributed by atoms with Crippen molar-refractivity contribution in [3.05, 3.63) is 35.9 Å². The molecule has 0 bridgehead atoms. The molecule has 0 saturated carbocycles. The molecule has 2 rings (SSSR count). The molecule has 6 nitrogen and oxygen atoms in total. The number of carbonyl (C=O) groups excluding carboxylic acids is 1. The lowest BCUT2D eigenvalue weighted by molar-refractivity contribution is -0.133. The van der Waals surface area contributed by atoms with Crippen LogP contribution in [0.2, 0.25) is 0 Å². The number of aromatic nitrogens is 2. The van der Waals surface area contributed by atoms with Crippen molar-refractivity contribution in [1.82, 2.24) is 9.55 Å². The van der Waals surface area contributed by atoms with Crippen molar-refractivity contribution in [2.24, 2.45) is 5.73 Å². The lowest BCUT2D eigenvalue weighted by Crippen LogP contribution is -2.38. The molecule has 0 aliphatic heterocycles. The summed E-state index contributed by atoms with van der Waals surface area (Å²) in [4.78, 5) is 26.7. The van der Waals surface area contributed by atoms with Crippen LogP contribution in [0.5, 0.6) is 0 Å². The van der Waals surface area contributed by atoms with E-state index in [1.54, 1.807) is 13.1 Å². The minimum atomic E-state index is -1.18. The molecule has 0 fully saturated rings. The zero-order valence-electron chi connectivity index (χ0n) is 9.12. The highest BCUT2D eigenvalue weighted by Gasteiger charge is 2.29. The highest BCUT2D eigenvalue weighted by Crippen LogP contribution is 2.18. The second-order valence-corrected chi connectivity index (χ2v) is 3.74. The minimum Gasteiger partial charge on any atom is -0.478 e. The van der Waals surface area contributed by atoms with E-state index in [-0.39, 0.29) is 5.57 Å². The fourth-order valence-electron chi connectivity index (χ4n) is 1.63. The Kier molecular flexibility index (Phi) is 2.64. The zero-order valence-corrected chi connectivity index (χ0v) is 9.12. The van der Waals surface area contributed by atoms with E-state index in [1.807, 2.05) is 0 Å². The Morgan fingerprint density at radius 3 is 2.76 bits per heavy atom. The fraction of sp³-hybridized carbons (Fsp3) is 0.182. The van der Waals surface area contributed by atoms with Crippen LogP contribution < -0.4 is 5.73 Å². The lowest BCUT2D eigenvalue weighted by atomic mass is 9.96. The number of allylic oxidation sites excluding steroid dienone is 2. The third-order valence-electron chi connectivity index (χ3n) is 2.53. The molecule has 1 aliphatic carbocycles. The number of ketones is 1. The van der Waals surface area contributed by atoms with E-state index in [9.17, 15) is 9.59 Å². The summed E-state index contributed by atoms with van der Waals surface area (Å²) in [6.45, 7) is 1.79. The summed E-state index contributed by atoms with van der Waals surface area (Å²) in [5.74, 6) is -1.61. The molecule has 3 N–H and O–H groups in total. The predicted molar refractivity (Wildman–Crippen MR) is 59.9 cm³/mol. The van der Waals surface area contributed by atoms with Gasteiger partial charge in [0.2, 0.25) is 5.78 Å². The normalized spacial score (nSPS) is 19.9. The van der Waals surface area contributed by atoms with Crippen LogP contribution in [0.15, 0.2) is 30.2 Å². The lowest BCUT2D eigenvalue weighted by Gasteiger charge is -2.17. The third-order valence-corrected chi connectivity index (χ3v) is 2.53. The molecule has 0 amide bonds. The fourth-order valence-corrected chi connectivity index (χ4v) is 1.63. The van der Waals surface area contributed by atoms with Gasteiger partial charge >= 0.3 is 5.97 Å². The second-order valence-electron chi connectivity index (χ2n) is 3.74. The summed E-state index contributed by atoms with van der Waals surface area (Å²) in [7, 11) is 0. The van der Waals surface area contributed by atoms with Crippen LogP contribution in [0.4, 0.5) is 0 Å². The number of aryl methyl sites for hydroxylation is 1. The first-order chi connectivity index (χ1) is 8.00. The summed E-state index contributed by atoms with van der Waals surface area (Å²) in [5.41, 5.74) is 6.57. The van der Waals surface area contributed by atoms with Gasteiger partial charge in [-0.1, -0.05) is 0 Å². The van der Waals surface area contributed by atoms with E-state index < -0.39 is 17.8 Å². The first-order valence-electron chi connectivity index (χ1n) is 4.96. The average Bonchev–Trinajstić information content (AvgIpc) is 2.68. The highest BCUT2D eigenvalue weighted by molar-refractivity contribution is 6.23.